The second-order valence-corrected chi connectivity index (χ2v) is 5.80. The van der Waals surface area contributed by atoms with Crippen LogP contribution >= 0.6 is 0 Å². The Labute approximate surface area is 135 Å². The van der Waals surface area contributed by atoms with Crippen molar-refractivity contribution in [2.45, 2.75) is 32.6 Å². The van der Waals surface area contributed by atoms with Crippen LogP contribution in [0.2, 0.25) is 0 Å². The lowest BCUT2D eigenvalue weighted by Gasteiger charge is -2.28. The van der Waals surface area contributed by atoms with E-state index in [1.54, 1.807) is 11.8 Å². The first-order valence-corrected chi connectivity index (χ1v) is 7.41. The van der Waals surface area contributed by atoms with Crippen molar-refractivity contribution in [3.63, 3.8) is 0 Å². The standard InChI is InChI=1S/C16H15F4N3O/c1-9-21-14-8-23(6-5-10(14)15(24)22-9)7-11-12(16(18,19)20)3-2-4-13(11)17/h2-4H,5-8H2,1H3,(H,21,22,24). The molecule has 0 unspecified atom stereocenters. The molecule has 1 aliphatic rings. The van der Waals surface area contributed by atoms with E-state index < -0.39 is 17.6 Å². The minimum absolute atomic E-state index is 0.186. The molecule has 2 heterocycles. The zero-order valence-corrected chi connectivity index (χ0v) is 12.9. The van der Waals surface area contributed by atoms with Crippen LogP contribution in [0.4, 0.5) is 17.6 Å². The van der Waals surface area contributed by atoms with E-state index in [-0.39, 0.29) is 24.2 Å². The number of H-pyrrole nitrogens is 1. The van der Waals surface area contributed by atoms with Gasteiger partial charge in [0.1, 0.15) is 11.6 Å². The highest BCUT2D eigenvalue weighted by atomic mass is 19.4. The molecule has 0 bridgehead atoms. The van der Waals surface area contributed by atoms with Crippen LogP contribution in [0.15, 0.2) is 23.0 Å². The fraction of sp³-hybridized carbons (Fsp3) is 0.375. The van der Waals surface area contributed by atoms with Gasteiger partial charge in [-0.25, -0.2) is 9.37 Å². The van der Waals surface area contributed by atoms with E-state index >= 15 is 0 Å². The second kappa shape index (κ2) is 6.01. The van der Waals surface area contributed by atoms with Crippen molar-refractivity contribution >= 4 is 0 Å². The van der Waals surface area contributed by atoms with Crippen LogP contribution in [0.5, 0.6) is 0 Å². The van der Waals surface area contributed by atoms with E-state index in [1.165, 1.54) is 0 Å². The summed E-state index contributed by atoms with van der Waals surface area (Å²) in [5, 5.41) is 0. The second-order valence-electron chi connectivity index (χ2n) is 5.80. The van der Waals surface area contributed by atoms with Gasteiger partial charge in [0.2, 0.25) is 0 Å². The summed E-state index contributed by atoms with van der Waals surface area (Å²) in [7, 11) is 0. The number of nitrogens with one attached hydrogen (secondary N) is 1. The third-order valence-electron chi connectivity index (χ3n) is 4.08. The Morgan fingerprint density at radius 3 is 2.79 bits per heavy atom. The Morgan fingerprint density at radius 1 is 1.33 bits per heavy atom. The van der Waals surface area contributed by atoms with Crippen molar-refractivity contribution in [2.75, 3.05) is 6.54 Å². The predicted molar refractivity (Wildman–Crippen MR) is 78.8 cm³/mol. The van der Waals surface area contributed by atoms with Crippen LogP contribution in [-0.4, -0.2) is 21.4 Å². The molecule has 4 nitrogen and oxygen atoms in total. The van der Waals surface area contributed by atoms with Gasteiger partial charge in [0.15, 0.2) is 0 Å². The maximum Gasteiger partial charge on any atom is 0.416 e. The minimum atomic E-state index is -4.61. The third-order valence-corrected chi connectivity index (χ3v) is 4.08. The first-order chi connectivity index (χ1) is 11.3. The molecule has 0 fully saturated rings. The van der Waals surface area contributed by atoms with Gasteiger partial charge < -0.3 is 4.98 Å². The zero-order chi connectivity index (χ0) is 17.5. The lowest BCUT2D eigenvalue weighted by molar-refractivity contribution is -0.138. The van der Waals surface area contributed by atoms with Crippen LogP contribution < -0.4 is 5.56 Å². The third kappa shape index (κ3) is 3.19. The number of aromatic nitrogens is 2. The summed E-state index contributed by atoms with van der Waals surface area (Å²) < 4.78 is 53.2. The van der Waals surface area contributed by atoms with Gasteiger partial charge >= 0.3 is 6.18 Å². The average Bonchev–Trinajstić information content (AvgIpc) is 2.47. The monoisotopic (exact) mass is 341 g/mol. The van der Waals surface area contributed by atoms with E-state index in [4.69, 9.17) is 0 Å². The molecule has 1 aromatic heterocycles. The Balaban J connectivity index is 1.90. The summed E-state index contributed by atoms with van der Waals surface area (Å²) in [5.41, 5.74) is -0.494. The molecule has 0 saturated heterocycles. The number of alkyl halides is 3. The van der Waals surface area contributed by atoms with Gasteiger partial charge in [-0.05, 0) is 25.5 Å². The number of aryl methyl sites for hydroxylation is 1. The van der Waals surface area contributed by atoms with Crippen molar-refractivity contribution < 1.29 is 17.6 Å². The molecular weight excluding hydrogens is 326 g/mol. The summed E-state index contributed by atoms with van der Waals surface area (Å²) >= 11 is 0. The maximum absolute atomic E-state index is 14.0. The van der Waals surface area contributed by atoms with E-state index in [0.29, 0.717) is 30.0 Å². The van der Waals surface area contributed by atoms with Crippen molar-refractivity contribution in [2.24, 2.45) is 0 Å². The largest absolute Gasteiger partial charge is 0.416 e. The van der Waals surface area contributed by atoms with Crippen LogP contribution in [0.25, 0.3) is 0 Å². The number of benzene rings is 1. The fourth-order valence-electron chi connectivity index (χ4n) is 2.96. The first kappa shape index (κ1) is 16.6. The van der Waals surface area contributed by atoms with Gasteiger partial charge in [0, 0.05) is 30.8 Å². The van der Waals surface area contributed by atoms with Crippen LogP contribution in [-0.2, 0) is 25.7 Å². The lowest BCUT2D eigenvalue weighted by atomic mass is 10.0. The van der Waals surface area contributed by atoms with E-state index in [9.17, 15) is 22.4 Å². The van der Waals surface area contributed by atoms with Gasteiger partial charge in [-0.15, -0.1) is 0 Å². The van der Waals surface area contributed by atoms with Crippen LogP contribution in [0, 0.1) is 12.7 Å². The molecular formula is C16H15F4N3O. The number of hydrogen-bond acceptors (Lipinski definition) is 3. The van der Waals surface area contributed by atoms with Gasteiger partial charge in [0.25, 0.3) is 5.56 Å². The summed E-state index contributed by atoms with van der Waals surface area (Å²) in [5.74, 6) is -0.437. The smallest absolute Gasteiger partial charge is 0.311 e. The van der Waals surface area contributed by atoms with E-state index in [2.05, 4.69) is 9.97 Å². The summed E-state index contributed by atoms with van der Waals surface area (Å²) in [6, 6.07) is 2.95. The van der Waals surface area contributed by atoms with Crippen LogP contribution in [0.3, 0.4) is 0 Å². The van der Waals surface area contributed by atoms with Crippen molar-refractivity contribution in [3.8, 4) is 0 Å². The molecule has 0 spiro atoms. The molecule has 1 aromatic carbocycles. The molecule has 3 rings (SSSR count). The molecule has 0 atom stereocenters. The Hall–Kier alpha value is -2.22. The summed E-state index contributed by atoms with van der Waals surface area (Å²) in [6.07, 6.45) is -4.25. The zero-order valence-electron chi connectivity index (χ0n) is 12.9. The molecule has 24 heavy (non-hydrogen) atoms. The topological polar surface area (TPSA) is 49.0 Å². The van der Waals surface area contributed by atoms with Gasteiger partial charge in [0.05, 0.1) is 11.3 Å². The molecule has 0 saturated carbocycles. The highest BCUT2D eigenvalue weighted by Crippen LogP contribution is 2.34. The minimum Gasteiger partial charge on any atom is -0.311 e. The Bertz CT molecular complexity index is 829. The molecule has 0 aliphatic carbocycles. The van der Waals surface area contributed by atoms with Crippen LogP contribution in [0.1, 0.15) is 28.2 Å². The van der Waals surface area contributed by atoms with Gasteiger partial charge in [-0.1, -0.05) is 6.07 Å². The maximum atomic E-state index is 14.0. The van der Waals surface area contributed by atoms with E-state index in [0.717, 1.165) is 18.2 Å². The Morgan fingerprint density at radius 2 is 2.08 bits per heavy atom. The van der Waals surface area contributed by atoms with Gasteiger partial charge in [-0.2, -0.15) is 13.2 Å². The number of halogens is 4. The number of aromatic amines is 1. The number of nitrogens with zero attached hydrogens (tertiary/aromatic N) is 2. The Kier molecular flexibility index (Phi) is 4.16. The molecule has 0 radical (unpaired) electrons. The van der Waals surface area contributed by atoms with Gasteiger partial charge in [-0.3, -0.25) is 9.69 Å². The number of rotatable bonds is 2. The molecule has 1 aliphatic heterocycles. The average molecular weight is 341 g/mol. The first-order valence-electron chi connectivity index (χ1n) is 7.41. The summed E-state index contributed by atoms with van der Waals surface area (Å²) in [4.78, 5) is 20.4. The molecule has 2 aromatic rings. The normalized spacial score (nSPS) is 15.4. The summed E-state index contributed by atoms with van der Waals surface area (Å²) in [6.45, 7) is 2.03. The molecule has 0 amide bonds. The SMILES string of the molecule is Cc1nc2c(c(=O)[nH]1)CCN(Cc1c(F)cccc1C(F)(F)F)C2. The number of fused-ring (bicyclic) bond motifs is 1. The lowest BCUT2D eigenvalue weighted by Crippen LogP contribution is -2.35. The van der Waals surface area contributed by atoms with Crippen molar-refractivity contribution in [1.29, 1.82) is 0 Å². The quantitative estimate of drug-likeness (QED) is 0.855. The highest BCUT2D eigenvalue weighted by Gasteiger charge is 2.35. The fourth-order valence-corrected chi connectivity index (χ4v) is 2.96. The molecule has 128 valence electrons. The van der Waals surface area contributed by atoms with Crippen molar-refractivity contribution in [3.05, 3.63) is 62.6 Å². The molecule has 1 N–H and O–H groups in total. The van der Waals surface area contributed by atoms with Crippen molar-refractivity contribution in [1.82, 2.24) is 14.9 Å². The number of hydrogen-bond donors (Lipinski definition) is 1. The predicted octanol–water partition coefficient (Wildman–Crippen LogP) is 2.79. The molecule has 8 heteroatoms. The van der Waals surface area contributed by atoms with E-state index in [1.807, 2.05) is 0 Å². The highest BCUT2D eigenvalue weighted by molar-refractivity contribution is 5.31.